The molecule has 0 fully saturated rings. The number of benzene rings is 1. The predicted octanol–water partition coefficient (Wildman–Crippen LogP) is 2.44. The Morgan fingerprint density at radius 2 is 2.05 bits per heavy atom. The maximum absolute atomic E-state index is 12.5. The minimum Gasteiger partial charge on any atom is -0.497 e. The molecule has 0 N–H and O–H groups in total. The lowest BCUT2D eigenvalue weighted by Crippen LogP contribution is -2.35. The topological polar surface area (TPSA) is 47.4 Å². The molecule has 0 saturated heterocycles. The van der Waals surface area contributed by atoms with E-state index in [1.807, 2.05) is 31.3 Å². The molecule has 0 saturated carbocycles. The molecule has 6 heteroatoms. The van der Waals surface area contributed by atoms with Crippen molar-refractivity contribution in [1.29, 1.82) is 0 Å². The third-order valence-corrected chi connectivity index (χ3v) is 4.48. The Hall–Kier alpha value is -1.57. The Labute approximate surface area is 137 Å². The number of aromatic nitrogens is 2. The summed E-state index contributed by atoms with van der Waals surface area (Å²) >= 11 is 2.30. The van der Waals surface area contributed by atoms with Crippen LogP contribution in [0.3, 0.4) is 0 Å². The highest BCUT2D eigenvalue weighted by Gasteiger charge is 2.30. The standard InChI is InChI=1S/C15H16IN3O2/c1-18-8-7-12-13(9-16)17-19(14(12)15(18)20)10-3-5-11(21-2)6-4-10/h3-6H,7-9H2,1-2H3. The molecule has 5 nitrogen and oxygen atoms in total. The molecule has 0 atom stereocenters. The van der Waals surface area contributed by atoms with Gasteiger partial charge in [0.2, 0.25) is 0 Å². The van der Waals surface area contributed by atoms with Crippen LogP contribution in [0.15, 0.2) is 24.3 Å². The molecule has 0 radical (unpaired) electrons. The van der Waals surface area contributed by atoms with E-state index in [0.29, 0.717) is 5.69 Å². The van der Waals surface area contributed by atoms with Gasteiger partial charge in [-0.2, -0.15) is 5.10 Å². The number of carbonyl (C=O) groups is 1. The van der Waals surface area contributed by atoms with Gasteiger partial charge in [-0.25, -0.2) is 4.68 Å². The predicted molar refractivity (Wildman–Crippen MR) is 88.5 cm³/mol. The number of nitrogens with zero attached hydrogens (tertiary/aromatic N) is 3. The van der Waals surface area contributed by atoms with Crippen LogP contribution in [0.25, 0.3) is 5.69 Å². The summed E-state index contributed by atoms with van der Waals surface area (Å²) in [6, 6.07) is 7.60. The minimum atomic E-state index is 0.0377. The first-order valence-corrected chi connectivity index (χ1v) is 8.25. The van der Waals surface area contributed by atoms with Gasteiger partial charge in [-0.1, -0.05) is 22.6 Å². The van der Waals surface area contributed by atoms with Gasteiger partial charge in [-0.15, -0.1) is 0 Å². The highest BCUT2D eigenvalue weighted by atomic mass is 127. The number of hydrogen-bond acceptors (Lipinski definition) is 3. The molecule has 2 heterocycles. The van der Waals surface area contributed by atoms with Crippen molar-refractivity contribution in [2.24, 2.45) is 0 Å². The number of fused-ring (bicyclic) bond motifs is 1. The number of alkyl halides is 1. The smallest absolute Gasteiger partial charge is 0.272 e. The Bertz CT molecular complexity index is 679. The zero-order valence-corrected chi connectivity index (χ0v) is 14.1. The van der Waals surface area contributed by atoms with Crippen LogP contribution in [0.5, 0.6) is 5.75 Å². The van der Waals surface area contributed by atoms with Crippen molar-refractivity contribution in [2.75, 3.05) is 20.7 Å². The average Bonchev–Trinajstić information content (AvgIpc) is 2.90. The van der Waals surface area contributed by atoms with E-state index in [2.05, 4.69) is 27.7 Å². The third kappa shape index (κ3) is 2.41. The summed E-state index contributed by atoms with van der Waals surface area (Å²) in [6.07, 6.45) is 0.867. The van der Waals surface area contributed by atoms with Gasteiger partial charge in [0.1, 0.15) is 11.4 Å². The number of methoxy groups -OCH3 is 1. The van der Waals surface area contributed by atoms with E-state index < -0.39 is 0 Å². The molecule has 0 bridgehead atoms. The van der Waals surface area contributed by atoms with Crippen molar-refractivity contribution in [3.63, 3.8) is 0 Å². The van der Waals surface area contributed by atoms with E-state index in [-0.39, 0.29) is 5.91 Å². The molecule has 1 amide bonds. The highest BCUT2D eigenvalue weighted by molar-refractivity contribution is 14.1. The van der Waals surface area contributed by atoms with Crippen LogP contribution in [-0.2, 0) is 10.8 Å². The van der Waals surface area contributed by atoms with Crippen molar-refractivity contribution in [3.05, 3.63) is 41.2 Å². The first-order valence-electron chi connectivity index (χ1n) is 6.72. The lowest BCUT2D eigenvalue weighted by atomic mass is 10.0. The monoisotopic (exact) mass is 397 g/mol. The van der Waals surface area contributed by atoms with Gasteiger partial charge in [-0.05, 0) is 30.7 Å². The minimum absolute atomic E-state index is 0.0377. The molecule has 3 rings (SSSR count). The molecule has 2 aromatic rings. The van der Waals surface area contributed by atoms with E-state index in [1.165, 1.54) is 0 Å². The summed E-state index contributed by atoms with van der Waals surface area (Å²) in [6.45, 7) is 0.754. The Morgan fingerprint density at radius 1 is 1.33 bits per heavy atom. The first kappa shape index (κ1) is 14.4. The molecule has 1 aromatic heterocycles. The van der Waals surface area contributed by atoms with Crippen molar-refractivity contribution < 1.29 is 9.53 Å². The summed E-state index contributed by atoms with van der Waals surface area (Å²) in [5.74, 6) is 0.827. The van der Waals surface area contributed by atoms with E-state index in [0.717, 1.165) is 40.1 Å². The molecule has 1 aliphatic rings. The second-order valence-electron chi connectivity index (χ2n) is 4.99. The quantitative estimate of drug-likeness (QED) is 0.591. The van der Waals surface area contributed by atoms with Gasteiger partial charge >= 0.3 is 0 Å². The molecule has 1 aromatic carbocycles. The molecule has 0 aliphatic carbocycles. The maximum Gasteiger partial charge on any atom is 0.272 e. The van der Waals surface area contributed by atoms with Crippen molar-refractivity contribution in [2.45, 2.75) is 10.8 Å². The number of carbonyl (C=O) groups excluding carboxylic acids is 1. The molecule has 21 heavy (non-hydrogen) atoms. The second-order valence-corrected chi connectivity index (χ2v) is 5.76. The number of amides is 1. The molecule has 0 unspecified atom stereocenters. The first-order chi connectivity index (χ1) is 10.2. The van der Waals surface area contributed by atoms with E-state index in [4.69, 9.17) is 4.74 Å². The number of halogens is 1. The van der Waals surface area contributed by atoms with Gasteiger partial charge in [-0.3, -0.25) is 4.79 Å². The number of rotatable bonds is 3. The summed E-state index contributed by atoms with van der Waals surface area (Å²) in [4.78, 5) is 14.3. The van der Waals surface area contributed by atoms with Crippen LogP contribution in [0.4, 0.5) is 0 Å². The number of likely N-dealkylation sites (N-methyl/N-ethyl adjacent to an activating group) is 1. The van der Waals surface area contributed by atoms with Crippen LogP contribution >= 0.6 is 22.6 Å². The molecule has 110 valence electrons. The Balaban J connectivity index is 2.14. The fourth-order valence-corrected chi connectivity index (χ4v) is 3.17. The average molecular weight is 397 g/mol. The fourth-order valence-electron chi connectivity index (χ4n) is 2.56. The lowest BCUT2D eigenvalue weighted by molar-refractivity contribution is 0.0771. The zero-order valence-electron chi connectivity index (χ0n) is 12.0. The van der Waals surface area contributed by atoms with Gasteiger partial charge < -0.3 is 9.64 Å². The van der Waals surface area contributed by atoms with E-state index in [9.17, 15) is 4.79 Å². The second kappa shape index (κ2) is 5.67. The van der Waals surface area contributed by atoms with Crippen molar-refractivity contribution in [1.82, 2.24) is 14.7 Å². The van der Waals surface area contributed by atoms with E-state index in [1.54, 1.807) is 16.7 Å². The third-order valence-electron chi connectivity index (χ3n) is 3.76. The summed E-state index contributed by atoms with van der Waals surface area (Å²) < 4.78 is 7.75. The van der Waals surface area contributed by atoms with Gasteiger partial charge in [0.25, 0.3) is 5.91 Å². The molecular weight excluding hydrogens is 381 g/mol. The molecule has 0 spiro atoms. The van der Waals surface area contributed by atoms with Crippen LogP contribution in [0.2, 0.25) is 0 Å². The molecule has 1 aliphatic heterocycles. The largest absolute Gasteiger partial charge is 0.497 e. The highest BCUT2D eigenvalue weighted by Crippen LogP contribution is 2.26. The van der Waals surface area contributed by atoms with Crippen LogP contribution in [0.1, 0.15) is 21.7 Å². The van der Waals surface area contributed by atoms with Gasteiger partial charge in [0.15, 0.2) is 0 Å². The van der Waals surface area contributed by atoms with Crippen molar-refractivity contribution in [3.8, 4) is 11.4 Å². The summed E-state index contributed by atoms with van der Waals surface area (Å²) in [7, 11) is 3.47. The van der Waals surface area contributed by atoms with Crippen molar-refractivity contribution >= 4 is 28.5 Å². The Morgan fingerprint density at radius 3 is 2.67 bits per heavy atom. The maximum atomic E-state index is 12.5. The SMILES string of the molecule is COc1ccc(-n2nc(CI)c3c2C(=O)N(C)CC3)cc1. The summed E-state index contributed by atoms with van der Waals surface area (Å²) in [5, 5.41) is 4.64. The number of ether oxygens (including phenoxy) is 1. The van der Waals surface area contributed by atoms with Crippen LogP contribution in [-0.4, -0.2) is 41.3 Å². The Kier molecular flexibility index (Phi) is 3.88. The fraction of sp³-hybridized carbons (Fsp3) is 0.333. The van der Waals surface area contributed by atoms with Gasteiger partial charge in [0, 0.05) is 23.6 Å². The number of hydrogen-bond donors (Lipinski definition) is 0. The van der Waals surface area contributed by atoms with Crippen LogP contribution in [0, 0.1) is 0 Å². The van der Waals surface area contributed by atoms with E-state index >= 15 is 0 Å². The van der Waals surface area contributed by atoms with Gasteiger partial charge in [0.05, 0.1) is 18.5 Å². The zero-order chi connectivity index (χ0) is 15.0. The summed E-state index contributed by atoms with van der Waals surface area (Å²) in [5.41, 5.74) is 3.67. The van der Waals surface area contributed by atoms with Crippen LogP contribution < -0.4 is 4.74 Å². The lowest BCUT2D eigenvalue weighted by Gasteiger charge is -2.23. The normalized spacial score (nSPS) is 14.2. The molecular formula is C15H16IN3O2.